The summed E-state index contributed by atoms with van der Waals surface area (Å²) in [6.07, 6.45) is 0. The number of aromatic nitrogens is 2. The molecule has 0 saturated carbocycles. The lowest BCUT2D eigenvalue weighted by Gasteiger charge is -2.17. The second kappa shape index (κ2) is 5.02. The van der Waals surface area contributed by atoms with Gasteiger partial charge in [0.1, 0.15) is 5.82 Å². The molecule has 1 amide bonds. The van der Waals surface area contributed by atoms with Crippen LogP contribution in [0.3, 0.4) is 0 Å². The molecule has 1 aliphatic rings. The summed E-state index contributed by atoms with van der Waals surface area (Å²) in [7, 11) is 0. The molecule has 0 aromatic carbocycles. The number of ether oxygens (including phenoxy) is 1. The fourth-order valence-electron chi connectivity index (χ4n) is 2.30. The highest BCUT2D eigenvalue weighted by Crippen LogP contribution is 2.15. The van der Waals surface area contributed by atoms with Crippen molar-refractivity contribution in [3.63, 3.8) is 0 Å². The van der Waals surface area contributed by atoms with Crippen LogP contribution in [0.5, 0.6) is 0 Å². The Kier molecular flexibility index (Phi) is 3.61. The molecule has 0 bridgehead atoms. The van der Waals surface area contributed by atoms with Crippen molar-refractivity contribution in [1.82, 2.24) is 15.3 Å². The fourth-order valence-corrected chi connectivity index (χ4v) is 2.30. The second-order valence-corrected chi connectivity index (χ2v) is 4.91. The van der Waals surface area contributed by atoms with Crippen molar-refractivity contribution in [3.8, 4) is 0 Å². The van der Waals surface area contributed by atoms with Crippen molar-refractivity contribution >= 4 is 5.91 Å². The van der Waals surface area contributed by atoms with Gasteiger partial charge in [0.15, 0.2) is 0 Å². The van der Waals surface area contributed by atoms with Gasteiger partial charge in [-0.25, -0.2) is 9.97 Å². The van der Waals surface area contributed by atoms with Crippen LogP contribution in [0.2, 0.25) is 0 Å². The lowest BCUT2D eigenvalue weighted by Crippen LogP contribution is -2.39. The van der Waals surface area contributed by atoms with Crippen molar-refractivity contribution in [2.24, 2.45) is 5.92 Å². The van der Waals surface area contributed by atoms with Crippen LogP contribution in [0.15, 0.2) is 0 Å². The quantitative estimate of drug-likeness (QED) is 0.854. The van der Waals surface area contributed by atoms with Gasteiger partial charge in [0.2, 0.25) is 0 Å². The predicted molar refractivity (Wildman–Crippen MR) is 67.5 cm³/mol. The zero-order chi connectivity index (χ0) is 13.3. The molecule has 1 aromatic rings. The predicted octanol–water partition coefficient (Wildman–Crippen LogP) is 1.17. The van der Waals surface area contributed by atoms with Crippen LogP contribution in [0.1, 0.15) is 34.5 Å². The summed E-state index contributed by atoms with van der Waals surface area (Å²) in [6.45, 7) is 8.86. The van der Waals surface area contributed by atoms with Gasteiger partial charge in [-0.2, -0.15) is 0 Å². The molecule has 1 saturated heterocycles. The average molecular weight is 249 g/mol. The summed E-state index contributed by atoms with van der Waals surface area (Å²) in [4.78, 5) is 20.7. The SMILES string of the molecule is Cc1nc(C)c(C(=O)NC2COCC2C)c(C)n1. The highest BCUT2D eigenvalue weighted by atomic mass is 16.5. The van der Waals surface area contributed by atoms with E-state index in [2.05, 4.69) is 22.2 Å². The fraction of sp³-hybridized carbons (Fsp3) is 0.615. The molecule has 2 unspecified atom stereocenters. The molecule has 1 fully saturated rings. The number of nitrogens with zero attached hydrogens (tertiary/aromatic N) is 2. The summed E-state index contributed by atoms with van der Waals surface area (Å²) in [5.41, 5.74) is 2.04. The van der Waals surface area contributed by atoms with Gasteiger partial charge in [0, 0.05) is 5.92 Å². The lowest BCUT2D eigenvalue weighted by molar-refractivity contribution is 0.0924. The topological polar surface area (TPSA) is 64.1 Å². The van der Waals surface area contributed by atoms with E-state index >= 15 is 0 Å². The minimum Gasteiger partial charge on any atom is -0.379 e. The van der Waals surface area contributed by atoms with Crippen molar-refractivity contribution in [1.29, 1.82) is 0 Å². The zero-order valence-electron chi connectivity index (χ0n) is 11.3. The molecule has 2 heterocycles. The van der Waals surface area contributed by atoms with Gasteiger partial charge in [-0.1, -0.05) is 6.92 Å². The highest BCUT2D eigenvalue weighted by Gasteiger charge is 2.27. The molecule has 1 aromatic heterocycles. The maximum atomic E-state index is 12.3. The van der Waals surface area contributed by atoms with Crippen LogP contribution in [0, 0.1) is 26.7 Å². The first-order valence-electron chi connectivity index (χ1n) is 6.19. The summed E-state index contributed by atoms with van der Waals surface area (Å²) in [6, 6.07) is 0.0811. The second-order valence-electron chi connectivity index (χ2n) is 4.91. The number of rotatable bonds is 2. The largest absolute Gasteiger partial charge is 0.379 e. The third-order valence-electron chi connectivity index (χ3n) is 3.29. The summed E-state index contributed by atoms with van der Waals surface area (Å²) >= 11 is 0. The minimum atomic E-state index is -0.104. The molecule has 0 aliphatic carbocycles. The molecule has 5 heteroatoms. The number of aryl methyl sites for hydroxylation is 3. The Morgan fingerprint density at radius 2 is 1.83 bits per heavy atom. The third-order valence-corrected chi connectivity index (χ3v) is 3.29. The van der Waals surface area contributed by atoms with E-state index in [9.17, 15) is 4.79 Å². The number of hydrogen-bond acceptors (Lipinski definition) is 4. The van der Waals surface area contributed by atoms with Crippen LogP contribution < -0.4 is 5.32 Å². The maximum Gasteiger partial charge on any atom is 0.255 e. The number of nitrogens with one attached hydrogen (secondary N) is 1. The van der Waals surface area contributed by atoms with Gasteiger partial charge < -0.3 is 10.1 Å². The van der Waals surface area contributed by atoms with Crippen LogP contribution in [-0.4, -0.2) is 35.1 Å². The first kappa shape index (κ1) is 13.0. The summed E-state index contributed by atoms with van der Waals surface area (Å²) < 4.78 is 5.34. The van der Waals surface area contributed by atoms with E-state index in [4.69, 9.17) is 4.74 Å². The summed E-state index contributed by atoms with van der Waals surface area (Å²) in [5, 5.41) is 3.00. The van der Waals surface area contributed by atoms with Gasteiger partial charge >= 0.3 is 0 Å². The van der Waals surface area contributed by atoms with Crippen molar-refractivity contribution in [2.45, 2.75) is 33.7 Å². The Hall–Kier alpha value is -1.49. The van der Waals surface area contributed by atoms with E-state index in [1.807, 2.05) is 20.8 Å². The summed E-state index contributed by atoms with van der Waals surface area (Å²) in [5.74, 6) is 0.937. The third kappa shape index (κ3) is 2.51. The molecule has 0 radical (unpaired) electrons. The number of hydrogen-bond donors (Lipinski definition) is 1. The van der Waals surface area contributed by atoms with Crippen molar-refractivity contribution in [2.75, 3.05) is 13.2 Å². The molecular weight excluding hydrogens is 230 g/mol. The molecule has 1 aliphatic heterocycles. The Morgan fingerprint density at radius 3 is 2.33 bits per heavy atom. The van der Waals surface area contributed by atoms with E-state index in [0.29, 0.717) is 30.5 Å². The number of carbonyl (C=O) groups excluding carboxylic acids is 1. The molecule has 5 nitrogen and oxygen atoms in total. The van der Waals surface area contributed by atoms with E-state index in [1.165, 1.54) is 0 Å². The van der Waals surface area contributed by atoms with Crippen LogP contribution in [-0.2, 0) is 4.74 Å². The Labute approximate surface area is 107 Å². The van der Waals surface area contributed by atoms with E-state index in [0.717, 1.165) is 11.4 Å². The standard InChI is InChI=1S/C13H19N3O2/c1-7-5-18-6-11(7)16-13(17)12-8(2)14-10(4)15-9(12)3/h7,11H,5-6H2,1-4H3,(H,16,17). The Morgan fingerprint density at radius 1 is 1.22 bits per heavy atom. The van der Waals surface area contributed by atoms with Gasteiger partial charge in [-0.05, 0) is 20.8 Å². The smallest absolute Gasteiger partial charge is 0.255 e. The van der Waals surface area contributed by atoms with Crippen LogP contribution in [0.4, 0.5) is 0 Å². The number of carbonyl (C=O) groups is 1. The van der Waals surface area contributed by atoms with E-state index in [-0.39, 0.29) is 11.9 Å². The first-order chi connectivity index (χ1) is 8.49. The van der Waals surface area contributed by atoms with Gasteiger partial charge in [-0.15, -0.1) is 0 Å². The molecule has 98 valence electrons. The normalized spacial score (nSPS) is 23.1. The Balaban J connectivity index is 2.19. The zero-order valence-corrected chi connectivity index (χ0v) is 11.3. The van der Waals surface area contributed by atoms with Gasteiger partial charge in [0.05, 0.1) is 36.2 Å². The monoisotopic (exact) mass is 249 g/mol. The van der Waals surface area contributed by atoms with Crippen molar-refractivity contribution < 1.29 is 9.53 Å². The van der Waals surface area contributed by atoms with E-state index in [1.54, 1.807) is 0 Å². The molecule has 18 heavy (non-hydrogen) atoms. The first-order valence-corrected chi connectivity index (χ1v) is 6.19. The van der Waals surface area contributed by atoms with Gasteiger partial charge in [0.25, 0.3) is 5.91 Å². The van der Waals surface area contributed by atoms with Crippen LogP contribution in [0.25, 0.3) is 0 Å². The molecule has 1 N–H and O–H groups in total. The number of amides is 1. The lowest BCUT2D eigenvalue weighted by atomic mass is 10.1. The van der Waals surface area contributed by atoms with E-state index < -0.39 is 0 Å². The molecule has 2 atom stereocenters. The van der Waals surface area contributed by atoms with Crippen molar-refractivity contribution in [3.05, 3.63) is 22.8 Å². The Bertz CT molecular complexity index is 450. The maximum absolute atomic E-state index is 12.3. The molecular formula is C13H19N3O2. The highest BCUT2D eigenvalue weighted by molar-refractivity contribution is 5.96. The molecule has 2 rings (SSSR count). The van der Waals surface area contributed by atoms with Gasteiger partial charge in [-0.3, -0.25) is 4.79 Å². The minimum absolute atomic E-state index is 0.0811. The van der Waals surface area contributed by atoms with Crippen LogP contribution >= 0.6 is 0 Å². The average Bonchev–Trinajstić information content (AvgIpc) is 2.62. The molecule has 0 spiro atoms.